The monoisotopic (exact) mass is 406 g/mol. The molecule has 148 valence electrons. The molecule has 1 aliphatic heterocycles. The molecule has 0 aliphatic carbocycles. The Balaban J connectivity index is 1.98. The third kappa shape index (κ3) is 2.95. The van der Waals surface area contributed by atoms with Crippen molar-refractivity contribution in [1.82, 2.24) is 0 Å². The van der Waals surface area contributed by atoms with E-state index in [0.29, 0.717) is 0 Å². The molecule has 5 rings (SSSR count). The summed E-state index contributed by atoms with van der Waals surface area (Å²) in [6.45, 7) is 6.69. The highest BCUT2D eigenvalue weighted by atomic mass is 28.4. The van der Waals surface area contributed by atoms with Gasteiger partial charge in [0.1, 0.15) is 0 Å². The van der Waals surface area contributed by atoms with E-state index in [2.05, 4.69) is 117 Å². The average Bonchev–Trinajstić information content (AvgIpc) is 2.77. The van der Waals surface area contributed by atoms with Crippen molar-refractivity contribution in [3.8, 4) is 0 Å². The summed E-state index contributed by atoms with van der Waals surface area (Å²) in [5.74, 6) is 0. The topological polar surface area (TPSA) is 9.23 Å². The first-order valence-corrected chi connectivity index (χ1v) is 13.1. The maximum absolute atomic E-state index is 6.93. The fraction of sp³-hybridized carbons (Fsp3) is 0.143. The van der Waals surface area contributed by atoms with Gasteiger partial charge in [0.25, 0.3) is 8.32 Å². The molecule has 1 nitrogen and oxygen atoms in total. The van der Waals surface area contributed by atoms with E-state index in [9.17, 15) is 0 Å². The van der Waals surface area contributed by atoms with E-state index < -0.39 is 8.32 Å². The predicted molar refractivity (Wildman–Crippen MR) is 130 cm³/mol. The zero-order valence-corrected chi connectivity index (χ0v) is 18.7. The molecule has 0 saturated carbocycles. The van der Waals surface area contributed by atoms with Gasteiger partial charge in [-0.25, -0.2) is 0 Å². The van der Waals surface area contributed by atoms with Gasteiger partial charge < -0.3 is 4.43 Å². The first kappa shape index (κ1) is 19.0. The maximum Gasteiger partial charge on any atom is 0.254 e. The van der Waals surface area contributed by atoms with Gasteiger partial charge in [0, 0.05) is 6.10 Å². The summed E-state index contributed by atoms with van der Waals surface area (Å²) >= 11 is 0. The smallest absolute Gasteiger partial charge is 0.254 e. The lowest BCUT2D eigenvalue weighted by Crippen LogP contribution is -2.53. The molecule has 0 amide bonds. The normalized spacial score (nSPS) is 18.3. The van der Waals surface area contributed by atoms with Crippen molar-refractivity contribution in [3.05, 3.63) is 114 Å². The fourth-order valence-electron chi connectivity index (χ4n) is 4.98. The third-order valence-corrected chi connectivity index (χ3v) is 9.89. The zero-order valence-electron chi connectivity index (χ0n) is 17.7. The van der Waals surface area contributed by atoms with Gasteiger partial charge in [0.05, 0.1) is 0 Å². The van der Waals surface area contributed by atoms with Crippen LogP contribution < -0.4 is 5.19 Å². The number of hydrogen-bond acceptors (Lipinski definition) is 1. The molecule has 0 radical (unpaired) electrons. The minimum Gasteiger partial charge on any atom is -0.406 e. The van der Waals surface area contributed by atoms with E-state index in [1.165, 1.54) is 43.4 Å². The van der Waals surface area contributed by atoms with Gasteiger partial charge >= 0.3 is 0 Å². The Morgan fingerprint density at radius 3 is 1.90 bits per heavy atom. The van der Waals surface area contributed by atoms with E-state index in [4.69, 9.17) is 4.43 Å². The second-order valence-corrected chi connectivity index (χ2v) is 11.7. The summed E-state index contributed by atoms with van der Waals surface area (Å²) < 4.78 is 6.93. The van der Waals surface area contributed by atoms with Crippen LogP contribution >= 0.6 is 0 Å². The lowest BCUT2D eigenvalue weighted by Gasteiger charge is -2.39. The highest BCUT2D eigenvalue weighted by Gasteiger charge is 2.44. The molecule has 4 aromatic carbocycles. The van der Waals surface area contributed by atoms with Crippen LogP contribution in [0.5, 0.6) is 0 Å². The van der Waals surface area contributed by atoms with Crippen molar-refractivity contribution < 1.29 is 4.43 Å². The second-order valence-electron chi connectivity index (χ2n) is 8.39. The molecule has 30 heavy (non-hydrogen) atoms. The van der Waals surface area contributed by atoms with Crippen LogP contribution in [0.4, 0.5) is 0 Å². The first-order chi connectivity index (χ1) is 14.6. The molecule has 4 aromatic rings. The van der Waals surface area contributed by atoms with Crippen LogP contribution in [0.15, 0.2) is 97.1 Å². The largest absolute Gasteiger partial charge is 0.406 e. The Kier molecular flexibility index (Phi) is 4.69. The van der Waals surface area contributed by atoms with Gasteiger partial charge in [-0.3, -0.25) is 0 Å². The van der Waals surface area contributed by atoms with E-state index >= 15 is 0 Å². The Morgan fingerprint density at radius 2 is 1.27 bits per heavy atom. The summed E-state index contributed by atoms with van der Waals surface area (Å²) in [6, 6.07) is 35.0. The van der Waals surface area contributed by atoms with Crippen molar-refractivity contribution in [2.24, 2.45) is 0 Å². The van der Waals surface area contributed by atoms with Gasteiger partial charge in [-0.1, -0.05) is 97.1 Å². The van der Waals surface area contributed by atoms with E-state index in [-0.39, 0.29) is 6.10 Å². The Bertz CT molecular complexity index is 1240. The number of benzene rings is 4. The molecule has 0 N–H and O–H groups in total. The van der Waals surface area contributed by atoms with Gasteiger partial charge in [0.2, 0.25) is 0 Å². The van der Waals surface area contributed by atoms with Crippen LogP contribution in [-0.4, -0.2) is 14.4 Å². The van der Waals surface area contributed by atoms with Gasteiger partial charge in [-0.05, 0) is 63.8 Å². The molecule has 0 saturated heterocycles. The molecule has 1 unspecified atom stereocenters. The van der Waals surface area contributed by atoms with E-state index in [1.54, 1.807) is 0 Å². The fourth-order valence-corrected chi connectivity index (χ4v) is 9.08. The zero-order chi connectivity index (χ0) is 20.7. The Hall–Kier alpha value is -2.94. The molecule has 0 aromatic heterocycles. The quantitative estimate of drug-likeness (QED) is 0.349. The van der Waals surface area contributed by atoms with Crippen molar-refractivity contribution in [1.29, 1.82) is 0 Å². The van der Waals surface area contributed by atoms with Crippen LogP contribution in [0.1, 0.15) is 30.5 Å². The molecular weight excluding hydrogens is 380 g/mol. The number of hydrogen-bond donors (Lipinski definition) is 0. The summed E-state index contributed by atoms with van der Waals surface area (Å²) in [5, 5.41) is 5.39. The summed E-state index contributed by atoms with van der Waals surface area (Å²) in [4.78, 5) is 0. The van der Waals surface area contributed by atoms with Gasteiger partial charge in [0.15, 0.2) is 0 Å². The first-order valence-electron chi connectivity index (χ1n) is 10.7. The summed E-state index contributed by atoms with van der Waals surface area (Å²) in [6.07, 6.45) is 0.151. The lowest BCUT2D eigenvalue weighted by molar-refractivity contribution is 0.242. The van der Waals surface area contributed by atoms with Crippen LogP contribution in [0.3, 0.4) is 0 Å². The Labute approximate surface area is 179 Å². The van der Waals surface area contributed by atoms with E-state index in [0.717, 1.165) is 0 Å². The van der Waals surface area contributed by atoms with E-state index in [1.807, 2.05) is 0 Å². The van der Waals surface area contributed by atoms with Crippen molar-refractivity contribution in [2.45, 2.75) is 26.5 Å². The van der Waals surface area contributed by atoms with Gasteiger partial charge in [-0.2, -0.15) is 0 Å². The standard InChI is InChI=1S/C28H26OSi/c1-20(2)29-30(3)25-19-11-17-21-16-10-18-24(26(21)25)27(22-12-6-4-7-13-22)28(30)23-14-8-5-9-15-23/h4-20H,1-3H3. The molecule has 1 heterocycles. The molecule has 0 spiro atoms. The molecule has 0 fully saturated rings. The summed E-state index contributed by atoms with van der Waals surface area (Å²) in [5.41, 5.74) is 5.15. The van der Waals surface area contributed by atoms with Crippen molar-refractivity contribution in [3.63, 3.8) is 0 Å². The van der Waals surface area contributed by atoms with Crippen LogP contribution in [-0.2, 0) is 4.43 Å². The highest BCUT2D eigenvalue weighted by molar-refractivity contribution is 7.04. The molecule has 2 heteroatoms. The minimum atomic E-state index is -2.49. The summed E-state index contributed by atoms with van der Waals surface area (Å²) in [7, 11) is -2.49. The average molecular weight is 407 g/mol. The Morgan fingerprint density at radius 1 is 0.667 bits per heavy atom. The molecule has 1 aliphatic rings. The minimum absolute atomic E-state index is 0.151. The van der Waals surface area contributed by atoms with Crippen LogP contribution in [0, 0.1) is 0 Å². The second kappa shape index (κ2) is 7.39. The third-order valence-electron chi connectivity index (χ3n) is 6.01. The lowest BCUT2D eigenvalue weighted by atomic mass is 9.91. The maximum atomic E-state index is 6.93. The van der Waals surface area contributed by atoms with Crippen molar-refractivity contribution in [2.75, 3.05) is 0 Å². The number of rotatable bonds is 4. The highest BCUT2D eigenvalue weighted by Crippen LogP contribution is 2.44. The van der Waals surface area contributed by atoms with Crippen molar-refractivity contribution >= 4 is 35.0 Å². The molecular formula is C28H26OSi. The SMILES string of the molecule is CC(C)O[Si]1(C)C(c2ccccc2)=C(c2ccccc2)c2cccc3cccc1c23. The predicted octanol–water partition coefficient (Wildman–Crippen LogP) is 6.56. The van der Waals surface area contributed by atoms with Gasteiger partial charge in [-0.15, -0.1) is 0 Å². The van der Waals surface area contributed by atoms with Crippen LogP contribution in [0.2, 0.25) is 6.55 Å². The van der Waals surface area contributed by atoms with Crippen LogP contribution in [0.25, 0.3) is 21.5 Å². The molecule has 1 atom stereocenters. The molecule has 0 bridgehead atoms.